The topological polar surface area (TPSA) is 41.5 Å². The van der Waals surface area contributed by atoms with Gasteiger partial charge in [0, 0.05) is 25.8 Å². The fourth-order valence-electron chi connectivity index (χ4n) is 2.25. The van der Waals surface area contributed by atoms with Crippen molar-refractivity contribution in [2.45, 2.75) is 45.2 Å². The van der Waals surface area contributed by atoms with Crippen LogP contribution in [-0.4, -0.2) is 37.5 Å². The van der Waals surface area contributed by atoms with E-state index in [0.717, 1.165) is 18.3 Å². The van der Waals surface area contributed by atoms with Crippen LogP contribution in [0.25, 0.3) is 0 Å². The minimum atomic E-state index is 0.237. The quantitative estimate of drug-likeness (QED) is 0.674. The molecular weight excluding hydrogens is 190 g/mol. The molecule has 3 nitrogen and oxygen atoms in total. The number of rotatable bonds is 7. The van der Waals surface area contributed by atoms with Gasteiger partial charge in [-0.1, -0.05) is 13.8 Å². The Morgan fingerprint density at radius 3 is 2.53 bits per heavy atom. The zero-order valence-electron chi connectivity index (χ0n) is 10.2. The van der Waals surface area contributed by atoms with Gasteiger partial charge >= 0.3 is 0 Å². The van der Waals surface area contributed by atoms with E-state index in [1.165, 1.54) is 12.8 Å². The van der Waals surface area contributed by atoms with E-state index in [1.54, 1.807) is 7.11 Å². The van der Waals surface area contributed by atoms with Crippen molar-refractivity contribution in [1.29, 1.82) is 0 Å². The number of nitrogens with one attached hydrogen (secondary N) is 1. The Morgan fingerprint density at radius 2 is 2.07 bits per heavy atom. The highest BCUT2D eigenvalue weighted by atomic mass is 16.5. The first-order valence-electron chi connectivity index (χ1n) is 6.03. The molecule has 0 aromatic rings. The van der Waals surface area contributed by atoms with Crippen LogP contribution in [0.3, 0.4) is 0 Å². The van der Waals surface area contributed by atoms with Crippen molar-refractivity contribution in [2.24, 2.45) is 11.8 Å². The maximum Gasteiger partial charge on any atom is 0.0616 e. The zero-order chi connectivity index (χ0) is 11.3. The Kier molecular flexibility index (Phi) is 5.58. The summed E-state index contributed by atoms with van der Waals surface area (Å²) in [6, 6.07) is 0.960. The molecule has 0 amide bonds. The summed E-state index contributed by atoms with van der Waals surface area (Å²) in [5.74, 6) is 1.70. The summed E-state index contributed by atoms with van der Waals surface area (Å²) < 4.78 is 5.13. The van der Waals surface area contributed by atoms with Gasteiger partial charge in [-0.3, -0.25) is 0 Å². The highest BCUT2D eigenvalue weighted by Gasteiger charge is 2.32. The van der Waals surface area contributed by atoms with Crippen molar-refractivity contribution < 1.29 is 9.84 Å². The minimum absolute atomic E-state index is 0.237. The lowest BCUT2D eigenvalue weighted by Crippen LogP contribution is -2.49. The molecule has 1 atom stereocenters. The first kappa shape index (κ1) is 12.9. The van der Waals surface area contributed by atoms with Gasteiger partial charge in [0.2, 0.25) is 0 Å². The number of methoxy groups -OCH3 is 1. The van der Waals surface area contributed by atoms with Crippen molar-refractivity contribution in [3.63, 3.8) is 0 Å². The highest BCUT2D eigenvalue weighted by molar-refractivity contribution is 4.88. The van der Waals surface area contributed by atoms with Gasteiger partial charge in [0.15, 0.2) is 0 Å². The highest BCUT2D eigenvalue weighted by Crippen LogP contribution is 2.33. The molecule has 1 saturated carbocycles. The van der Waals surface area contributed by atoms with Gasteiger partial charge in [-0.25, -0.2) is 0 Å². The summed E-state index contributed by atoms with van der Waals surface area (Å²) >= 11 is 0. The molecule has 15 heavy (non-hydrogen) atoms. The molecule has 1 unspecified atom stereocenters. The Bertz CT molecular complexity index is 161. The third kappa shape index (κ3) is 4.09. The average Bonchev–Trinajstić information content (AvgIpc) is 2.10. The van der Waals surface area contributed by atoms with Crippen LogP contribution in [0.15, 0.2) is 0 Å². The van der Waals surface area contributed by atoms with Crippen molar-refractivity contribution in [3.05, 3.63) is 0 Å². The van der Waals surface area contributed by atoms with Crippen LogP contribution in [0.4, 0.5) is 0 Å². The van der Waals surface area contributed by atoms with Gasteiger partial charge in [-0.2, -0.15) is 0 Å². The molecular formula is C12H25NO2. The van der Waals surface area contributed by atoms with Crippen molar-refractivity contribution in [3.8, 4) is 0 Å². The fourth-order valence-corrected chi connectivity index (χ4v) is 2.25. The van der Waals surface area contributed by atoms with Crippen LogP contribution < -0.4 is 5.32 Å². The minimum Gasteiger partial charge on any atom is -0.396 e. The molecule has 1 aliphatic carbocycles. The van der Waals surface area contributed by atoms with E-state index in [9.17, 15) is 0 Å². The van der Waals surface area contributed by atoms with E-state index in [1.807, 2.05) is 0 Å². The van der Waals surface area contributed by atoms with E-state index in [4.69, 9.17) is 9.84 Å². The summed E-state index contributed by atoms with van der Waals surface area (Å²) in [5, 5.41) is 12.5. The van der Waals surface area contributed by atoms with Crippen LogP contribution in [0.1, 0.15) is 33.1 Å². The smallest absolute Gasteiger partial charge is 0.0616 e. The second-order valence-corrected chi connectivity index (χ2v) is 5.00. The van der Waals surface area contributed by atoms with Crippen LogP contribution in [0, 0.1) is 11.8 Å². The third-order valence-corrected chi connectivity index (χ3v) is 3.43. The second kappa shape index (κ2) is 6.46. The van der Waals surface area contributed by atoms with Gasteiger partial charge in [0.25, 0.3) is 0 Å². The molecule has 0 aromatic heterocycles. The lowest BCUT2D eigenvalue weighted by molar-refractivity contribution is 0.106. The molecule has 0 spiro atoms. The van der Waals surface area contributed by atoms with Gasteiger partial charge in [0.1, 0.15) is 0 Å². The largest absolute Gasteiger partial charge is 0.396 e. The van der Waals surface area contributed by atoms with Crippen LogP contribution in [0.2, 0.25) is 0 Å². The molecule has 3 heteroatoms. The molecule has 90 valence electrons. The number of aliphatic hydroxyl groups is 1. The summed E-state index contributed by atoms with van der Waals surface area (Å²) in [7, 11) is 1.71. The third-order valence-electron chi connectivity index (χ3n) is 3.43. The average molecular weight is 215 g/mol. The second-order valence-electron chi connectivity index (χ2n) is 5.00. The number of hydrogen-bond donors (Lipinski definition) is 2. The molecule has 1 rings (SSSR count). The number of aliphatic hydroxyl groups excluding tert-OH is 1. The predicted molar refractivity (Wildman–Crippen MR) is 61.9 cm³/mol. The Labute approximate surface area is 93.2 Å². The molecule has 1 aliphatic rings. The van der Waals surface area contributed by atoms with Gasteiger partial charge in [-0.05, 0) is 31.1 Å². The monoisotopic (exact) mass is 215 g/mol. The lowest BCUT2D eigenvalue weighted by atomic mass is 9.73. The lowest BCUT2D eigenvalue weighted by Gasteiger charge is -2.40. The van der Waals surface area contributed by atoms with E-state index in [-0.39, 0.29) is 6.61 Å². The standard InChI is InChI=1S/C12H25NO2/c1-9(2)10-6-12(7-10)13-11(4-5-14)8-15-3/h9-14H,4-8H2,1-3H3. The van der Waals surface area contributed by atoms with Crippen LogP contribution >= 0.6 is 0 Å². The summed E-state index contributed by atoms with van der Waals surface area (Å²) in [4.78, 5) is 0. The van der Waals surface area contributed by atoms with Crippen LogP contribution in [0.5, 0.6) is 0 Å². The van der Waals surface area contributed by atoms with Crippen molar-refractivity contribution >= 4 is 0 Å². The molecule has 0 aromatic carbocycles. The van der Waals surface area contributed by atoms with E-state index in [0.29, 0.717) is 18.7 Å². The Balaban J connectivity index is 2.17. The molecule has 1 fully saturated rings. The molecule has 0 aliphatic heterocycles. The van der Waals surface area contributed by atoms with Crippen molar-refractivity contribution in [1.82, 2.24) is 5.32 Å². The van der Waals surface area contributed by atoms with Crippen LogP contribution in [-0.2, 0) is 4.74 Å². The fraction of sp³-hybridized carbons (Fsp3) is 1.00. The summed E-state index contributed by atoms with van der Waals surface area (Å²) in [5.41, 5.74) is 0. The maximum absolute atomic E-state index is 8.91. The summed E-state index contributed by atoms with van der Waals surface area (Å²) in [6.07, 6.45) is 3.35. The predicted octanol–water partition coefficient (Wildman–Crippen LogP) is 1.41. The Hall–Kier alpha value is -0.120. The van der Waals surface area contributed by atoms with E-state index >= 15 is 0 Å². The first-order valence-corrected chi connectivity index (χ1v) is 6.03. The Morgan fingerprint density at radius 1 is 1.40 bits per heavy atom. The normalized spacial score (nSPS) is 27.8. The van der Waals surface area contributed by atoms with E-state index < -0.39 is 0 Å². The molecule has 0 bridgehead atoms. The number of hydrogen-bond acceptors (Lipinski definition) is 3. The van der Waals surface area contributed by atoms with E-state index in [2.05, 4.69) is 19.2 Å². The molecule has 0 saturated heterocycles. The maximum atomic E-state index is 8.91. The van der Waals surface area contributed by atoms with Gasteiger partial charge in [0.05, 0.1) is 6.61 Å². The van der Waals surface area contributed by atoms with Crippen molar-refractivity contribution in [2.75, 3.05) is 20.3 Å². The molecule has 0 radical (unpaired) electrons. The van der Waals surface area contributed by atoms with Gasteiger partial charge < -0.3 is 15.2 Å². The first-order chi connectivity index (χ1) is 7.17. The van der Waals surface area contributed by atoms with Gasteiger partial charge in [-0.15, -0.1) is 0 Å². The summed E-state index contributed by atoms with van der Waals surface area (Å²) in [6.45, 7) is 5.52. The molecule has 0 heterocycles. The number of ether oxygens (including phenoxy) is 1. The SMILES string of the molecule is COCC(CCO)NC1CC(C(C)C)C1. The molecule has 2 N–H and O–H groups in total. The zero-order valence-corrected chi connectivity index (χ0v) is 10.2.